The molecule has 0 aliphatic heterocycles. The van der Waals surface area contributed by atoms with Crippen molar-refractivity contribution in [3.05, 3.63) is 16.9 Å². The molecule has 0 amide bonds. The van der Waals surface area contributed by atoms with Gasteiger partial charge in [-0.3, -0.25) is 9.48 Å². The van der Waals surface area contributed by atoms with E-state index in [0.29, 0.717) is 29.6 Å². The zero-order chi connectivity index (χ0) is 15.0. The lowest BCUT2D eigenvalue weighted by atomic mass is 9.93. The van der Waals surface area contributed by atoms with Gasteiger partial charge in [0.25, 0.3) is 0 Å². The number of hydrogen-bond donors (Lipinski definition) is 1. The fourth-order valence-electron chi connectivity index (χ4n) is 2.55. The lowest BCUT2D eigenvalue weighted by molar-refractivity contribution is 0.0961. The van der Waals surface area contributed by atoms with Gasteiger partial charge in [-0.1, -0.05) is 38.3 Å². The van der Waals surface area contributed by atoms with Crippen molar-refractivity contribution in [2.24, 2.45) is 11.7 Å². The molecule has 1 atom stereocenters. The van der Waals surface area contributed by atoms with Crippen LogP contribution in [0, 0.1) is 5.92 Å². The molecule has 1 heterocycles. The van der Waals surface area contributed by atoms with Gasteiger partial charge in [-0.2, -0.15) is 5.10 Å². The number of hydrogen-bond acceptors (Lipinski definition) is 3. The van der Waals surface area contributed by atoms with E-state index in [-0.39, 0.29) is 5.78 Å². The minimum Gasteiger partial charge on any atom is -0.330 e. The normalized spacial score (nSPS) is 12.6. The minimum absolute atomic E-state index is 0.0964. The quantitative estimate of drug-likeness (QED) is 0.670. The van der Waals surface area contributed by atoms with E-state index in [2.05, 4.69) is 18.9 Å². The summed E-state index contributed by atoms with van der Waals surface area (Å²) < 4.78 is 1.72. The molecule has 0 saturated heterocycles. The first kappa shape index (κ1) is 17.2. The van der Waals surface area contributed by atoms with Crippen molar-refractivity contribution < 1.29 is 4.79 Å². The number of carbonyl (C=O) groups is 1. The third-order valence-electron chi connectivity index (χ3n) is 3.55. The number of ketones is 1. The predicted molar refractivity (Wildman–Crippen MR) is 83.2 cm³/mol. The molecule has 0 radical (unpaired) electrons. The number of aryl methyl sites for hydroxylation is 1. The van der Waals surface area contributed by atoms with E-state index < -0.39 is 0 Å². The van der Waals surface area contributed by atoms with Crippen molar-refractivity contribution in [3.63, 3.8) is 0 Å². The number of nitrogens with zero attached hydrogens (tertiary/aromatic N) is 2. The van der Waals surface area contributed by atoms with Gasteiger partial charge >= 0.3 is 0 Å². The summed E-state index contributed by atoms with van der Waals surface area (Å²) in [7, 11) is 0. The van der Waals surface area contributed by atoms with Crippen molar-refractivity contribution in [2.45, 2.75) is 58.9 Å². The zero-order valence-corrected chi connectivity index (χ0v) is 13.3. The van der Waals surface area contributed by atoms with Gasteiger partial charge in [-0.05, 0) is 31.7 Å². The summed E-state index contributed by atoms with van der Waals surface area (Å²) in [5, 5.41) is 4.64. The van der Waals surface area contributed by atoms with E-state index in [1.54, 1.807) is 10.9 Å². The lowest BCUT2D eigenvalue weighted by Gasteiger charge is -2.14. The standard InChI is InChI=1S/C15H26ClN3O/c1-3-5-12(8-9-17)6-7-14(20)15-13(16)11-18-19(15)10-4-2/h11-12H,3-10,17H2,1-2H3. The number of nitrogens with two attached hydrogens (primary N) is 1. The average molecular weight is 300 g/mol. The second-order valence-electron chi connectivity index (χ2n) is 5.26. The van der Waals surface area contributed by atoms with Crippen molar-refractivity contribution in [2.75, 3.05) is 6.54 Å². The van der Waals surface area contributed by atoms with E-state index in [4.69, 9.17) is 17.3 Å². The van der Waals surface area contributed by atoms with Gasteiger partial charge in [0.1, 0.15) is 5.69 Å². The first-order valence-electron chi connectivity index (χ1n) is 7.58. The van der Waals surface area contributed by atoms with Crippen LogP contribution in [0.1, 0.15) is 62.9 Å². The topological polar surface area (TPSA) is 60.9 Å². The Hall–Kier alpha value is -0.870. The first-order chi connectivity index (χ1) is 9.63. The molecule has 0 saturated carbocycles. The number of Topliss-reactive ketones (excluding diaryl/α,β-unsaturated/α-hetero) is 1. The molecule has 1 aromatic heterocycles. The molecule has 4 nitrogen and oxygen atoms in total. The third-order valence-corrected chi connectivity index (χ3v) is 3.82. The molecule has 2 N–H and O–H groups in total. The highest BCUT2D eigenvalue weighted by molar-refractivity contribution is 6.33. The smallest absolute Gasteiger partial charge is 0.182 e. The Labute approximate surface area is 126 Å². The van der Waals surface area contributed by atoms with Gasteiger partial charge in [0.15, 0.2) is 5.78 Å². The molecule has 5 heteroatoms. The minimum atomic E-state index is 0.0964. The first-order valence-corrected chi connectivity index (χ1v) is 7.96. The molecule has 0 spiro atoms. The molecule has 20 heavy (non-hydrogen) atoms. The second kappa shape index (κ2) is 9.14. The molecular weight excluding hydrogens is 274 g/mol. The van der Waals surface area contributed by atoms with Crippen LogP contribution in [0.3, 0.4) is 0 Å². The van der Waals surface area contributed by atoms with Crippen molar-refractivity contribution in [1.29, 1.82) is 0 Å². The monoisotopic (exact) mass is 299 g/mol. The number of aromatic nitrogens is 2. The summed E-state index contributed by atoms with van der Waals surface area (Å²) in [6, 6.07) is 0. The van der Waals surface area contributed by atoms with Crippen LogP contribution < -0.4 is 5.73 Å². The molecular formula is C15H26ClN3O. The van der Waals surface area contributed by atoms with Gasteiger partial charge in [0.05, 0.1) is 11.2 Å². The van der Waals surface area contributed by atoms with Gasteiger partial charge in [-0.25, -0.2) is 0 Å². The maximum absolute atomic E-state index is 12.4. The molecule has 1 aromatic rings. The predicted octanol–water partition coefficient (Wildman–Crippen LogP) is 3.67. The maximum Gasteiger partial charge on any atom is 0.182 e. The Balaban J connectivity index is 2.63. The van der Waals surface area contributed by atoms with Crippen LogP contribution in [0.15, 0.2) is 6.20 Å². The van der Waals surface area contributed by atoms with Crippen LogP contribution in [-0.2, 0) is 6.54 Å². The van der Waals surface area contributed by atoms with Gasteiger partial charge < -0.3 is 5.73 Å². The Morgan fingerprint density at radius 2 is 2.10 bits per heavy atom. The largest absolute Gasteiger partial charge is 0.330 e. The summed E-state index contributed by atoms with van der Waals surface area (Å²) in [5.74, 6) is 0.634. The molecule has 114 valence electrons. The molecule has 0 aliphatic carbocycles. The van der Waals surface area contributed by atoms with Crippen LogP contribution in [-0.4, -0.2) is 22.1 Å². The second-order valence-corrected chi connectivity index (χ2v) is 5.67. The van der Waals surface area contributed by atoms with Crippen LogP contribution in [0.5, 0.6) is 0 Å². The van der Waals surface area contributed by atoms with E-state index in [9.17, 15) is 4.79 Å². The van der Waals surface area contributed by atoms with Crippen molar-refractivity contribution in [1.82, 2.24) is 9.78 Å². The summed E-state index contributed by atoms with van der Waals surface area (Å²) in [6.07, 6.45) is 7.16. The van der Waals surface area contributed by atoms with Crippen LogP contribution >= 0.6 is 11.6 Å². The Kier molecular flexibility index (Phi) is 7.85. The fourth-order valence-corrected chi connectivity index (χ4v) is 2.80. The number of rotatable bonds is 10. The molecule has 1 unspecified atom stereocenters. The third kappa shape index (κ3) is 4.91. The maximum atomic E-state index is 12.4. The Bertz CT molecular complexity index is 411. The van der Waals surface area contributed by atoms with Crippen LogP contribution in [0.4, 0.5) is 0 Å². The van der Waals surface area contributed by atoms with Gasteiger partial charge in [-0.15, -0.1) is 0 Å². The number of halogens is 1. The van der Waals surface area contributed by atoms with Crippen LogP contribution in [0.25, 0.3) is 0 Å². The Morgan fingerprint density at radius 1 is 1.35 bits per heavy atom. The van der Waals surface area contributed by atoms with Crippen LogP contribution in [0.2, 0.25) is 5.02 Å². The summed E-state index contributed by atoms with van der Waals surface area (Å²) >= 11 is 6.09. The van der Waals surface area contributed by atoms with Gasteiger partial charge in [0.2, 0.25) is 0 Å². The summed E-state index contributed by atoms with van der Waals surface area (Å²) in [5.41, 5.74) is 6.19. The molecule has 0 bridgehead atoms. The summed E-state index contributed by atoms with van der Waals surface area (Å²) in [6.45, 7) is 5.64. The SMILES string of the molecule is CCCC(CCN)CCC(=O)c1c(Cl)cnn1CCC. The molecule has 0 fully saturated rings. The van der Waals surface area contributed by atoms with E-state index >= 15 is 0 Å². The van der Waals surface area contributed by atoms with Crippen molar-refractivity contribution >= 4 is 17.4 Å². The average Bonchev–Trinajstić information content (AvgIpc) is 2.78. The van der Waals surface area contributed by atoms with Crippen molar-refractivity contribution in [3.8, 4) is 0 Å². The zero-order valence-electron chi connectivity index (χ0n) is 12.6. The lowest BCUT2D eigenvalue weighted by Crippen LogP contribution is -2.14. The number of carbonyl (C=O) groups excluding carboxylic acids is 1. The highest BCUT2D eigenvalue weighted by Gasteiger charge is 2.18. The molecule has 0 aliphatic rings. The highest BCUT2D eigenvalue weighted by atomic mass is 35.5. The van der Waals surface area contributed by atoms with E-state index in [1.165, 1.54) is 0 Å². The Morgan fingerprint density at radius 3 is 2.70 bits per heavy atom. The van der Waals surface area contributed by atoms with Gasteiger partial charge in [0, 0.05) is 13.0 Å². The van der Waals surface area contributed by atoms with E-state index in [1.807, 2.05) is 0 Å². The molecule has 0 aromatic carbocycles. The summed E-state index contributed by atoms with van der Waals surface area (Å²) in [4.78, 5) is 12.4. The van der Waals surface area contributed by atoms with E-state index in [0.717, 1.165) is 38.6 Å². The molecule has 1 rings (SSSR count). The fraction of sp³-hybridized carbons (Fsp3) is 0.733. The highest BCUT2D eigenvalue weighted by Crippen LogP contribution is 2.22.